The Morgan fingerprint density at radius 2 is 1.89 bits per heavy atom. The number of hydrogen-bond acceptors (Lipinski definition) is 3. The lowest BCUT2D eigenvalue weighted by atomic mass is 10.2. The summed E-state index contributed by atoms with van der Waals surface area (Å²) < 4.78 is 0. The molecule has 1 heterocycles. The Morgan fingerprint density at radius 1 is 1.17 bits per heavy atom. The first-order valence-electron chi connectivity index (χ1n) is 6.05. The number of nitrogens with one attached hydrogen (secondary N) is 1. The Kier molecular flexibility index (Phi) is 4.15. The lowest BCUT2D eigenvalue weighted by Crippen LogP contribution is -2.03. The van der Waals surface area contributed by atoms with Gasteiger partial charge in [-0.2, -0.15) is 0 Å². The Labute approximate surface area is 112 Å². The van der Waals surface area contributed by atoms with Crippen LogP contribution in [0.3, 0.4) is 0 Å². The molecule has 0 bridgehead atoms. The summed E-state index contributed by atoms with van der Waals surface area (Å²) in [4.78, 5) is 8.79. The molecule has 1 N–H and O–H groups in total. The molecule has 0 aliphatic carbocycles. The Balaban J connectivity index is 2.31. The van der Waals surface area contributed by atoms with Gasteiger partial charge in [-0.05, 0) is 25.5 Å². The van der Waals surface area contributed by atoms with E-state index < -0.39 is 0 Å². The lowest BCUT2D eigenvalue weighted by Gasteiger charge is -2.11. The fourth-order valence-corrected chi connectivity index (χ4v) is 1.84. The van der Waals surface area contributed by atoms with Crippen LogP contribution in [-0.2, 0) is 6.42 Å². The van der Waals surface area contributed by atoms with Gasteiger partial charge in [-0.25, -0.2) is 9.97 Å². The van der Waals surface area contributed by atoms with Gasteiger partial charge in [0.05, 0.1) is 0 Å². The number of para-hydroxylation sites is 1. The van der Waals surface area contributed by atoms with Crippen molar-refractivity contribution in [2.24, 2.45) is 0 Å². The largest absolute Gasteiger partial charge is 0.340 e. The van der Waals surface area contributed by atoms with Crippen molar-refractivity contribution in [3.63, 3.8) is 0 Å². The first-order chi connectivity index (χ1) is 8.70. The molecule has 2 aromatic rings. The number of benzene rings is 1. The molecular weight excluding hydrogens is 246 g/mol. The van der Waals surface area contributed by atoms with Crippen molar-refractivity contribution in [2.45, 2.75) is 26.7 Å². The van der Waals surface area contributed by atoms with E-state index in [1.54, 1.807) is 0 Å². The van der Waals surface area contributed by atoms with Gasteiger partial charge in [0.15, 0.2) is 0 Å². The van der Waals surface area contributed by atoms with Crippen LogP contribution in [-0.4, -0.2) is 9.97 Å². The molecule has 3 nitrogen and oxygen atoms in total. The normalized spacial score (nSPS) is 10.4. The van der Waals surface area contributed by atoms with Gasteiger partial charge in [0.2, 0.25) is 0 Å². The van der Waals surface area contributed by atoms with Crippen LogP contribution >= 0.6 is 11.6 Å². The summed E-state index contributed by atoms with van der Waals surface area (Å²) in [5.74, 6) is 1.57. The molecule has 0 radical (unpaired) electrons. The first-order valence-corrected chi connectivity index (χ1v) is 6.43. The van der Waals surface area contributed by atoms with Crippen LogP contribution in [0.4, 0.5) is 11.5 Å². The second kappa shape index (κ2) is 5.83. The predicted octanol–water partition coefficient (Wildman–Crippen LogP) is 4.13. The quantitative estimate of drug-likeness (QED) is 0.841. The van der Waals surface area contributed by atoms with Crippen LogP contribution in [0, 0.1) is 6.92 Å². The van der Waals surface area contributed by atoms with Crippen molar-refractivity contribution >= 4 is 23.1 Å². The molecule has 0 saturated heterocycles. The van der Waals surface area contributed by atoms with Crippen molar-refractivity contribution in [1.82, 2.24) is 9.97 Å². The van der Waals surface area contributed by atoms with E-state index in [0.717, 1.165) is 35.7 Å². The number of halogens is 1. The number of hydrogen-bond donors (Lipinski definition) is 1. The van der Waals surface area contributed by atoms with Crippen LogP contribution < -0.4 is 5.32 Å². The van der Waals surface area contributed by atoms with Gasteiger partial charge in [-0.3, -0.25) is 0 Å². The number of nitrogens with zero attached hydrogens (tertiary/aromatic N) is 2. The van der Waals surface area contributed by atoms with E-state index in [1.165, 1.54) is 0 Å². The number of anilines is 2. The summed E-state index contributed by atoms with van der Waals surface area (Å²) in [5, 5.41) is 3.80. The van der Waals surface area contributed by atoms with E-state index in [0.29, 0.717) is 5.15 Å². The van der Waals surface area contributed by atoms with Crippen molar-refractivity contribution in [3.05, 3.63) is 46.9 Å². The molecule has 1 aromatic carbocycles. The van der Waals surface area contributed by atoms with Gasteiger partial charge in [0, 0.05) is 17.7 Å². The minimum Gasteiger partial charge on any atom is -0.340 e. The van der Waals surface area contributed by atoms with Crippen molar-refractivity contribution in [3.8, 4) is 0 Å². The van der Waals surface area contributed by atoms with E-state index in [1.807, 2.05) is 37.3 Å². The highest BCUT2D eigenvalue weighted by Gasteiger charge is 2.09. The van der Waals surface area contributed by atoms with E-state index in [-0.39, 0.29) is 0 Å². The van der Waals surface area contributed by atoms with Crippen molar-refractivity contribution in [2.75, 3.05) is 5.32 Å². The topological polar surface area (TPSA) is 37.8 Å². The summed E-state index contributed by atoms with van der Waals surface area (Å²) in [6.07, 6.45) is 1.84. The van der Waals surface area contributed by atoms with Crippen molar-refractivity contribution in [1.29, 1.82) is 0 Å². The number of aryl methyl sites for hydroxylation is 1. The number of rotatable bonds is 4. The molecule has 0 fully saturated rings. The Morgan fingerprint density at radius 3 is 2.56 bits per heavy atom. The molecule has 0 atom stereocenters. The zero-order chi connectivity index (χ0) is 13.0. The average Bonchev–Trinajstić information content (AvgIpc) is 2.37. The van der Waals surface area contributed by atoms with E-state index in [4.69, 9.17) is 11.6 Å². The Bertz CT molecular complexity index is 526. The van der Waals surface area contributed by atoms with Crippen LogP contribution in [0.25, 0.3) is 0 Å². The van der Waals surface area contributed by atoms with E-state index in [2.05, 4.69) is 22.2 Å². The van der Waals surface area contributed by atoms with Gasteiger partial charge < -0.3 is 5.32 Å². The highest BCUT2D eigenvalue weighted by molar-refractivity contribution is 6.30. The zero-order valence-electron chi connectivity index (χ0n) is 10.6. The highest BCUT2D eigenvalue weighted by Crippen LogP contribution is 2.23. The molecular formula is C14H16ClN3. The predicted molar refractivity (Wildman–Crippen MR) is 75.5 cm³/mol. The SMILES string of the molecule is CCCc1nc(Cl)c(C)c(Nc2ccccc2)n1. The van der Waals surface area contributed by atoms with Gasteiger partial charge in [-0.1, -0.05) is 36.7 Å². The van der Waals surface area contributed by atoms with Crippen LogP contribution in [0.1, 0.15) is 24.7 Å². The van der Waals surface area contributed by atoms with Gasteiger partial charge in [0.1, 0.15) is 16.8 Å². The molecule has 0 aliphatic rings. The third-order valence-electron chi connectivity index (χ3n) is 2.64. The van der Waals surface area contributed by atoms with E-state index >= 15 is 0 Å². The third-order valence-corrected chi connectivity index (χ3v) is 3.01. The summed E-state index contributed by atoms with van der Waals surface area (Å²) in [5.41, 5.74) is 1.87. The average molecular weight is 262 g/mol. The number of aromatic nitrogens is 2. The molecule has 2 rings (SSSR count). The minimum atomic E-state index is 0.520. The second-order valence-electron chi connectivity index (χ2n) is 4.15. The third kappa shape index (κ3) is 2.99. The van der Waals surface area contributed by atoms with Gasteiger partial charge in [0.25, 0.3) is 0 Å². The summed E-state index contributed by atoms with van der Waals surface area (Å²) in [6, 6.07) is 9.93. The monoisotopic (exact) mass is 261 g/mol. The fraction of sp³-hybridized carbons (Fsp3) is 0.286. The van der Waals surface area contributed by atoms with E-state index in [9.17, 15) is 0 Å². The van der Waals surface area contributed by atoms with Gasteiger partial charge in [-0.15, -0.1) is 0 Å². The van der Waals surface area contributed by atoms with Crippen LogP contribution in [0.5, 0.6) is 0 Å². The molecule has 0 unspecified atom stereocenters. The maximum absolute atomic E-state index is 6.13. The summed E-state index contributed by atoms with van der Waals surface area (Å²) in [6.45, 7) is 4.02. The minimum absolute atomic E-state index is 0.520. The van der Waals surface area contributed by atoms with Gasteiger partial charge >= 0.3 is 0 Å². The highest BCUT2D eigenvalue weighted by atomic mass is 35.5. The fourth-order valence-electron chi connectivity index (χ4n) is 1.65. The maximum Gasteiger partial charge on any atom is 0.138 e. The summed E-state index contributed by atoms with van der Waals surface area (Å²) in [7, 11) is 0. The molecule has 1 aromatic heterocycles. The maximum atomic E-state index is 6.13. The Hall–Kier alpha value is -1.61. The molecule has 18 heavy (non-hydrogen) atoms. The van der Waals surface area contributed by atoms with Crippen LogP contribution in [0.15, 0.2) is 30.3 Å². The molecule has 0 amide bonds. The van der Waals surface area contributed by atoms with Crippen molar-refractivity contribution < 1.29 is 0 Å². The molecule has 94 valence electrons. The van der Waals surface area contributed by atoms with Crippen LogP contribution in [0.2, 0.25) is 5.15 Å². The standard InChI is InChI=1S/C14H16ClN3/c1-3-7-12-17-13(15)10(2)14(18-12)16-11-8-5-4-6-9-11/h4-6,8-9H,3,7H2,1-2H3,(H,16,17,18). The first kappa shape index (κ1) is 12.8. The zero-order valence-corrected chi connectivity index (χ0v) is 11.3. The molecule has 0 saturated carbocycles. The second-order valence-corrected chi connectivity index (χ2v) is 4.50. The lowest BCUT2D eigenvalue weighted by molar-refractivity contribution is 0.833. The molecule has 4 heteroatoms. The molecule has 0 spiro atoms. The smallest absolute Gasteiger partial charge is 0.138 e. The molecule has 0 aliphatic heterocycles. The summed E-state index contributed by atoms with van der Waals surface area (Å²) >= 11 is 6.13.